The third kappa shape index (κ3) is 4.60. The van der Waals surface area contributed by atoms with Gasteiger partial charge >= 0.3 is 0 Å². The summed E-state index contributed by atoms with van der Waals surface area (Å²) >= 11 is 0. The lowest BCUT2D eigenvalue weighted by Crippen LogP contribution is -2.08. The van der Waals surface area contributed by atoms with E-state index in [0.29, 0.717) is 28.0 Å². The van der Waals surface area contributed by atoms with Crippen LogP contribution < -0.4 is 5.32 Å². The Bertz CT molecular complexity index is 1530. The molecule has 2 aromatic carbocycles. The molecule has 0 saturated heterocycles. The van der Waals surface area contributed by atoms with Gasteiger partial charge < -0.3 is 5.32 Å². The second-order valence-electron chi connectivity index (χ2n) is 8.48. The molecule has 0 aliphatic rings. The average Bonchev–Trinajstić information content (AvgIpc) is 3.29. The average molecular weight is 483 g/mol. The van der Waals surface area contributed by atoms with E-state index < -0.39 is 5.82 Å². The van der Waals surface area contributed by atoms with Gasteiger partial charge in [-0.05, 0) is 84.8 Å². The van der Waals surface area contributed by atoms with Crippen molar-refractivity contribution in [3.05, 3.63) is 108 Å². The molecule has 5 aromatic rings. The number of nitrogens with zero attached hydrogens (tertiary/aromatic N) is 3. The monoisotopic (exact) mass is 482 g/mol. The van der Waals surface area contributed by atoms with E-state index in [-0.39, 0.29) is 11.6 Å². The summed E-state index contributed by atoms with van der Waals surface area (Å²) in [7, 11) is 0. The summed E-state index contributed by atoms with van der Waals surface area (Å²) < 4.78 is 28.7. The fourth-order valence-corrected chi connectivity index (χ4v) is 4.16. The highest BCUT2D eigenvalue weighted by atomic mass is 19.1. The number of benzene rings is 2. The van der Waals surface area contributed by atoms with Crippen LogP contribution >= 0.6 is 0 Å². The lowest BCUT2D eigenvalue weighted by Gasteiger charge is -2.08. The number of halogens is 2. The van der Waals surface area contributed by atoms with Gasteiger partial charge in [0, 0.05) is 29.4 Å². The van der Waals surface area contributed by atoms with Crippen molar-refractivity contribution in [1.29, 1.82) is 0 Å². The number of hydrogen-bond acceptors (Lipinski definition) is 4. The molecule has 7 heteroatoms. The van der Waals surface area contributed by atoms with Crippen molar-refractivity contribution in [2.75, 3.05) is 11.9 Å². The van der Waals surface area contributed by atoms with Crippen molar-refractivity contribution in [3.63, 3.8) is 0 Å². The Hall–Kier alpha value is -4.39. The molecule has 5 nitrogen and oxygen atoms in total. The van der Waals surface area contributed by atoms with Crippen molar-refractivity contribution >= 4 is 17.1 Å². The van der Waals surface area contributed by atoms with E-state index >= 15 is 0 Å². The Morgan fingerprint density at radius 1 is 0.917 bits per heavy atom. The minimum atomic E-state index is -0.411. The summed E-state index contributed by atoms with van der Waals surface area (Å²) in [5, 5.41) is 8.16. The minimum absolute atomic E-state index is 0.281. The summed E-state index contributed by atoms with van der Waals surface area (Å²) in [4.78, 5) is 17.8. The van der Waals surface area contributed by atoms with E-state index in [1.165, 1.54) is 36.4 Å². The number of carbonyl (C=O) groups excluding carboxylic acids is 1. The standard InChI is InChI=1S/C29H24F2N4O/c1-2-3-16-32-26-18-21(15-17-33-26)27-24-5-4-6-25(29(36)20-9-13-23(31)14-10-20)35(24)34-28(27)19-7-11-22(30)12-8-19/h4-15,17-18H,2-3,16H2,1H3,(H,32,33). The highest BCUT2D eigenvalue weighted by Crippen LogP contribution is 2.36. The van der Waals surface area contributed by atoms with Gasteiger partial charge in [-0.15, -0.1) is 0 Å². The van der Waals surface area contributed by atoms with Crippen LogP contribution in [-0.2, 0) is 0 Å². The molecule has 0 amide bonds. The first-order chi connectivity index (χ1) is 17.5. The van der Waals surface area contributed by atoms with Gasteiger partial charge in [0.25, 0.3) is 0 Å². The molecule has 180 valence electrons. The molecule has 5 rings (SSSR count). The summed E-state index contributed by atoms with van der Waals surface area (Å²) in [5.41, 5.74) is 4.40. The van der Waals surface area contributed by atoms with E-state index in [4.69, 9.17) is 5.10 Å². The second kappa shape index (κ2) is 10.1. The topological polar surface area (TPSA) is 59.3 Å². The van der Waals surface area contributed by atoms with Crippen molar-refractivity contribution < 1.29 is 13.6 Å². The number of aromatic nitrogens is 3. The first kappa shape index (κ1) is 23.4. The molecule has 0 aliphatic carbocycles. The second-order valence-corrected chi connectivity index (χ2v) is 8.48. The fourth-order valence-electron chi connectivity index (χ4n) is 4.16. The van der Waals surface area contributed by atoms with Crippen LogP contribution in [0.1, 0.15) is 35.8 Å². The number of pyridine rings is 2. The van der Waals surface area contributed by atoms with Gasteiger partial charge in [0.15, 0.2) is 0 Å². The predicted octanol–water partition coefficient (Wildman–Crippen LogP) is 6.78. The normalized spacial score (nSPS) is 11.1. The van der Waals surface area contributed by atoms with Gasteiger partial charge in [-0.1, -0.05) is 19.4 Å². The molecule has 0 saturated carbocycles. The molecule has 0 fully saturated rings. The SMILES string of the molecule is CCCCNc1cc(-c2c(-c3ccc(F)cc3)nn3c(C(=O)c4ccc(F)cc4)cccc23)ccn1. The van der Waals surface area contributed by atoms with E-state index in [1.807, 2.05) is 18.2 Å². The zero-order chi connectivity index (χ0) is 25.1. The maximum atomic E-state index is 13.7. The van der Waals surface area contributed by atoms with Gasteiger partial charge in [-0.25, -0.2) is 18.3 Å². The molecule has 3 aromatic heterocycles. The van der Waals surface area contributed by atoms with Crippen LogP contribution in [0, 0.1) is 11.6 Å². The number of fused-ring (bicyclic) bond motifs is 1. The van der Waals surface area contributed by atoms with Crippen LogP contribution in [0.5, 0.6) is 0 Å². The van der Waals surface area contributed by atoms with Gasteiger partial charge in [-0.2, -0.15) is 5.10 Å². The van der Waals surface area contributed by atoms with E-state index in [9.17, 15) is 13.6 Å². The molecule has 0 radical (unpaired) electrons. The first-order valence-corrected chi connectivity index (χ1v) is 11.8. The van der Waals surface area contributed by atoms with Crippen molar-refractivity contribution in [2.45, 2.75) is 19.8 Å². The summed E-state index contributed by atoms with van der Waals surface area (Å²) in [5.74, 6) is -0.297. The molecule has 0 atom stereocenters. The van der Waals surface area contributed by atoms with Crippen LogP contribution in [-0.4, -0.2) is 26.9 Å². The van der Waals surface area contributed by atoms with Crippen molar-refractivity contribution in [2.24, 2.45) is 0 Å². The Kier molecular flexibility index (Phi) is 6.54. The number of hydrogen-bond donors (Lipinski definition) is 1. The fraction of sp³-hybridized carbons (Fsp3) is 0.138. The number of ketones is 1. The number of nitrogens with one attached hydrogen (secondary N) is 1. The molecule has 0 bridgehead atoms. The largest absolute Gasteiger partial charge is 0.370 e. The lowest BCUT2D eigenvalue weighted by molar-refractivity contribution is 0.103. The van der Waals surface area contributed by atoms with Crippen LogP contribution in [0.3, 0.4) is 0 Å². The number of unbranched alkanes of at least 4 members (excludes halogenated alkanes) is 1. The maximum absolute atomic E-state index is 13.7. The molecule has 0 unspecified atom stereocenters. The molecule has 0 aliphatic heterocycles. The number of rotatable bonds is 8. The summed E-state index contributed by atoms with van der Waals surface area (Å²) in [6, 6.07) is 20.8. The predicted molar refractivity (Wildman–Crippen MR) is 137 cm³/mol. The van der Waals surface area contributed by atoms with Crippen molar-refractivity contribution in [1.82, 2.24) is 14.6 Å². The number of carbonyl (C=O) groups is 1. The van der Waals surface area contributed by atoms with E-state index in [1.54, 1.807) is 35.0 Å². The molecule has 0 spiro atoms. The van der Waals surface area contributed by atoms with Crippen LogP contribution in [0.25, 0.3) is 27.9 Å². The molecule has 1 N–H and O–H groups in total. The smallest absolute Gasteiger partial charge is 0.211 e. The quantitative estimate of drug-likeness (QED) is 0.196. The molecule has 36 heavy (non-hydrogen) atoms. The van der Waals surface area contributed by atoms with Gasteiger partial charge in [0.2, 0.25) is 5.78 Å². The van der Waals surface area contributed by atoms with Gasteiger partial charge in [0.05, 0.1) is 5.52 Å². The van der Waals surface area contributed by atoms with E-state index in [0.717, 1.165) is 36.3 Å². The van der Waals surface area contributed by atoms with Gasteiger partial charge in [0.1, 0.15) is 28.8 Å². The minimum Gasteiger partial charge on any atom is -0.370 e. The highest BCUT2D eigenvalue weighted by Gasteiger charge is 2.21. The van der Waals surface area contributed by atoms with Crippen LogP contribution in [0.4, 0.5) is 14.6 Å². The maximum Gasteiger partial charge on any atom is 0.211 e. The Morgan fingerprint density at radius 3 is 2.36 bits per heavy atom. The lowest BCUT2D eigenvalue weighted by atomic mass is 10.00. The summed E-state index contributed by atoms with van der Waals surface area (Å²) in [6.07, 6.45) is 3.83. The highest BCUT2D eigenvalue weighted by molar-refractivity contribution is 6.09. The molecular weight excluding hydrogens is 458 g/mol. The van der Waals surface area contributed by atoms with Gasteiger partial charge in [-0.3, -0.25) is 4.79 Å². The molecule has 3 heterocycles. The summed E-state index contributed by atoms with van der Waals surface area (Å²) in [6.45, 7) is 2.94. The third-order valence-corrected chi connectivity index (χ3v) is 6.00. The van der Waals surface area contributed by atoms with E-state index in [2.05, 4.69) is 17.2 Å². The van der Waals surface area contributed by atoms with Crippen LogP contribution in [0.2, 0.25) is 0 Å². The van der Waals surface area contributed by atoms with Crippen LogP contribution in [0.15, 0.2) is 85.1 Å². The van der Waals surface area contributed by atoms with Crippen molar-refractivity contribution in [3.8, 4) is 22.4 Å². The number of anilines is 1. The first-order valence-electron chi connectivity index (χ1n) is 11.8. The molecular formula is C29H24F2N4O. The zero-order valence-corrected chi connectivity index (χ0v) is 19.7. The Balaban J connectivity index is 1.69. The zero-order valence-electron chi connectivity index (χ0n) is 19.7. The Labute approximate surface area is 207 Å². The third-order valence-electron chi connectivity index (χ3n) is 6.00. The Morgan fingerprint density at radius 2 is 1.64 bits per heavy atom.